The van der Waals surface area contributed by atoms with Gasteiger partial charge in [-0.1, -0.05) is 6.92 Å². The minimum atomic E-state index is -2.85. The van der Waals surface area contributed by atoms with Crippen molar-refractivity contribution in [2.45, 2.75) is 32.2 Å². The van der Waals surface area contributed by atoms with Gasteiger partial charge in [0.1, 0.15) is 9.84 Å². The van der Waals surface area contributed by atoms with Crippen LogP contribution in [0.4, 0.5) is 0 Å². The van der Waals surface area contributed by atoms with Gasteiger partial charge in [0.25, 0.3) is 0 Å². The first-order valence-electron chi connectivity index (χ1n) is 5.42. The molecule has 0 aromatic heterocycles. The average Bonchev–Trinajstić information content (AvgIpc) is 2.15. The summed E-state index contributed by atoms with van der Waals surface area (Å²) >= 11 is 0. The molecular formula is C10H23NO3S. The molecule has 15 heavy (non-hydrogen) atoms. The number of ether oxygens (including phenoxy) is 1. The van der Waals surface area contributed by atoms with Crippen molar-refractivity contribution in [1.82, 2.24) is 5.32 Å². The molecule has 0 aliphatic carbocycles. The van der Waals surface area contributed by atoms with Crippen molar-refractivity contribution in [1.29, 1.82) is 0 Å². The lowest BCUT2D eigenvalue weighted by Gasteiger charge is -2.15. The molecule has 0 amide bonds. The maximum atomic E-state index is 11.0. The van der Waals surface area contributed by atoms with Crippen molar-refractivity contribution in [3.8, 4) is 0 Å². The second-order valence-corrected chi connectivity index (χ2v) is 6.06. The fraction of sp³-hybridized carbons (Fsp3) is 1.00. The quantitative estimate of drug-likeness (QED) is 0.603. The molecule has 92 valence electrons. The van der Waals surface area contributed by atoms with E-state index in [0.717, 1.165) is 19.4 Å². The van der Waals surface area contributed by atoms with Crippen molar-refractivity contribution >= 4 is 9.84 Å². The smallest absolute Gasteiger partial charge is 0.147 e. The molecule has 0 bridgehead atoms. The Morgan fingerprint density at radius 3 is 2.40 bits per heavy atom. The van der Waals surface area contributed by atoms with Crippen molar-refractivity contribution in [3.63, 3.8) is 0 Å². The molecule has 0 aromatic rings. The highest BCUT2D eigenvalue weighted by Gasteiger charge is 2.10. The molecule has 1 atom stereocenters. The first-order chi connectivity index (χ1) is 6.99. The third kappa shape index (κ3) is 10.2. The van der Waals surface area contributed by atoms with E-state index in [9.17, 15) is 8.42 Å². The second kappa shape index (κ2) is 8.07. The Bertz CT molecular complexity index is 239. The number of hydrogen-bond acceptors (Lipinski definition) is 4. The predicted octanol–water partition coefficient (Wildman–Crippen LogP) is 0.826. The van der Waals surface area contributed by atoms with Crippen LogP contribution in [0.3, 0.4) is 0 Å². The topological polar surface area (TPSA) is 55.4 Å². The van der Waals surface area contributed by atoms with E-state index < -0.39 is 9.84 Å². The Morgan fingerprint density at radius 1 is 1.27 bits per heavy atom. The van der Waals surface area contributed by atoms with E-state index >= 15 is 0 Å². The highest BCUT2D eigenvalue weighted by Crippen LogP contribution is 2.01. The molecular weight excluding hydrogens is 214 g/mol. The van der Waals surface area contributed by atoms with Crippen LogP contribution in [0.5, 0.6) is 0 Å². The Morgan fingerprint density at radius 2 is 1.93 bits per heavy atom. The predicted molar refractivity (Wildman–Crippen MR) is 62.9 cm³/mol. The van der Waals surface area contributed by atoms with Crippen LogP contribution in [0, 0.1) is 0 Å². The molecule has 0 aliphatic heterocycles. The fourth-order valence-corrected chi connectivity index (χ4v) is 1.97. The van der Waals surface area contributed by atoms with Gasteiger partial charge in [0, 0.05) is 25.5 Å². The molecule has 0 aromatic carbocycles. The van der Waals surface area contributed by atoms with Crippen molar-refractivity contribution in [2.24, 2.45) is 0 Å². The summed E-state index contributed by atoms with van der Waals surface area (Å²) in [5.74, 6) is 0.242. The molecule has 0 fully saturated rings. The third-order valence-electron chi connectivity index (χ3n) is 2.20. The van der Waals surface area contributed by atoms with Gasteiger partial charge in [-0.25, -0.2) is 8.42 Å². The van der Waals surface area contributed by atoms with Gasteiger partial charge in [-0.15, -0.1) is 0 Å². The zero-order valence-corrected chi connectivity index (χ0v) is 10.8. The van der Waals surface area contributed by atoms with Crippen molar-refractivity contribution < 1.29 is 13.2 Å². The minimum absolute atomic E-state index is 0.233. The highest BCUT2D eigenvalue weighted by atomic mass is 32.2. The summed E-state index contributed by atoms with van der Waals surface area (Å²) in [5, 5.41) is 3.11. The van der Waals surface area contributed by atoms with Crippen LogP contribution < -0.4 is 5.32 Å². The molecule has 0 radical (unpaired) electrons. The van der Waals surface area contributed by atoms with Gasteiger partial charge in [0.05, 0.1) is 5.75 Å². The third-order valence-corrected chi connectivity index (χ3v) is 3.18. The van der Waals surface area contributed by atoms with Crippen LogP contribution in [-0.4, -0.2) is 46.7 Å². The number of rotatable bonds is 9. The zero-order valence-electron chi connectivity index (χ0n) is 9.95. The van der Waals surface area contributed by atoms with Gasteiger partial charge in [-0.3, -0.25) is 0 Å². The van der Waals surface area contributed by atoms with Crippen LogP contribution in [-0.2, 0) is 14.6 Å². The summed E-state index contributed by atoms with van der Waals surface area (Å²) in [5.41, 5.74) is 0. The first-order valence-corrected chi connectivity index (χ1v) is 7.48. The first kappa shape index (κ1) is 14.9. The molecule has 0 saturated carbocycles. The van der Waals surface area contributed by atoms with E-state index in [-0.39, 0.29) is 11.8 Å². The van der Waals surface area contributed by atoms with E-state index in [0.29, 0.717) is 13.0 Å². The second-order valence-electron chi connectivity index (χ2n) is 3.81. The summed E-state index contributed by atoms with van der Waals surface area (Å²) in [6.07, 6.45) is 3.82. The minimum Gasteiger partial charge on any atom is -0.381 e. The van der Waals surface area contributed by atoms with E-state index in [1.807, 2.05) is 7.05 Å². The van der Waals surface area contributed by atoms with E-state index in [1.165, 1.54) is 6.26 Å². The number of hydrogen-bond donors (Lipinski definition) is 1. The fourth-order valence-electron chi connectivity index (χ4n) is 1.26. The highest BCUT2D eigenvalue weighted by molar-refractivity contribution is 7.90. The zero-order chi connectivity index (χ0) is 11.7. The Labute approximate surface area is 93.3 Å². The SMILES string of the molecule is CCCOCCC(CCS(C)(=O)=O)NC. The van der Waals surface area contributed by atoms with Gasteiger partial charge in [0.15, 0.2) is 0 Å². The molecule has 0 aliphatic rings. The molecule has 1 unspecified atom stereocenters. The molecule has 5 heteroatoms. The van der Waals surface area contributed by atoms with Crippen LogP contribution in [0.15, 0.2) is 0 Å². The summed E-state index contributed by atoms with van der Waals surface area (Å²) in [6, 6.07) is 0.233. The summed E-state index contributed by atoms with van der Waals surface area (Å²) < 4.78 is 27.3. The maximum Gasteiger partial charge on any atom is 0.147 e. The average molecular weight is 237 g/mol. The van der Waals surface area contributed by atoms with Gasteiger partial charge in [0.2, 0.25) is 0 Å². The van der Waals surface area contributed by atoms with E-state index in [2.05, 4.69) is 12.2 Å². The van der Waals surface area contributed by atoms with Crippen LogP contribution in [0.25, 0.3) is 0 Å². The lowest BCUT2D eigenvalue weighted by molar-refractivity contribution is 0.125. The van der Waals surface area contributed by atoms with Gasteiger partial charge in [-0.2, -0.15) is 0 Å². The summed E-state index contributed by atoms with van der Waals surface area (Å²) in [6.45, 7) is 3.55. The lowest BCUT2D eigenvalue weighted by Crippen LogP contribution is -2.29. The van der Waals surface area contributed by atoms with Crippen LogP contribution >= 0.6 is 0 Å². The monoisotopic (exact) mass is 237 g/mol. The molecule has 0 rings (SSSR count). The Kier molecular flexibility index (Phi) is 8.00. The molecule has 4 nitrogen and oxygen atoms in total. The molecule has 0 spiro atoms. The molecule has 0 saturated heterocycles. The lowest BCUT2D eigenvalue weighted by atomic mass is 10.2. The van der Waals surface area contributed by atoms with Gasteiger partial charge < -0.3 is 10.1 Å². The van der Waals surface area contributed by atoms with E-state index in [4.69, 9.17) is 4.74 Å². The summed E-state index contributed by atoms with van der Waals surface area (Å²) in [4.78, 5) is 0. The van der Waals surface area contributed by atoms with Gasteiger partial charge >= 0.3 is 0 Å². The normalized spacial score (nSPS) is 14.1. The molecule has 1 N–H and O–H groups in total. The largest absolute Gasteiger partial charge is 0.381 e. The summed E-state index contributed by atoms with van der Waals surface area (Å²) in [7, 11) is -0.991. The van der Waals surface area contributed by atoms with E-state index in [1.54, 1.807) is 0 Å². The van der Waals surface area contributed by atoms with Gasteiger partial charge in [-0.05, 0) is 26.3 Å². The van der Waals surface area contributed by atoms with Crippen molar-refractivity contribution in [3.05, 3.63) is 0 Å². The van der Waals surface area contributed by atoms with Crippen LogP contribution in [0.2, 0.25) is 0 Å². The number of nitrogens with one attached hydrogen (secondary N) is 1. The standard InChI is InChI=1S/C10H23NO3S/c1-4-7-14-8-5-10(11-2)6-9-15(3,12)13/h10-11H,4-9H2,1-3H3. The van der Waals surface area contributed by atoms with Crippen molar-refractivity contribution in [2.75, 3.05) is 32.3 Å². The molecule has 0 heterocycles. The maximum absolute atomic E-state index is 11.0. The number of sulfone groups is 1. The Balaban J connectivity index is 3.64. The van der Waals surface area contributed by atoms with Crippen LogP contribution in [0.1, 0.15) is 26.2 Å². The Hall–Kier alpha value is -0.130.